The van der Waals surface area contributed by atoms with E-state index in [9.17, 15) is 12.8 Å². The molecule has 7 heteroatoms. The van der Waals surface area contributed by atoms with Gasteiger partial charge in [0.25, 0.3) is 0 Å². The first kappa shape index (κ1) is 15.6. The molecule has 0 amide bonds. The van der Waals surface area contributed by atoms with Gasteiger partial charge in [0.15, 0.2) is 0 Å². The van der Waals surface area contributed by atoms with E-state index in [1.807, 2.05) is 0 Å². The van der Waals surface area contributed by atoms with Crippen LogP contribution in [0.2, 0.25) is 0 Å². The summed E-state index contributed by atoms with van der Waals surface area (Å²) in [6, 6.07) is 7.01. The van der Waals surface area contributed by atoms with E-state index in [1.165, 1.54) is 13.1 Å². The lowest BCUT2D eigenvalue weighted by molar-refractivity contribution is 0.281. The standard InChI is InChI=1S/C14H15FN2O3S/c1-17(9-12-3-2-6-16-8-12)21(19,20)14-5-4-11(10-18)7-13(14)15/h2-8,18H,9-10H2,1H3. The third-order valence-corrected chi connectivity index (χ3v) is 4.83. The van der Waals surface area contributed by atoms with E-state index in [4.69, 9.17) is 5.11 Å². The smallest absolute Gasteiger partial charge is 0.246 e. The lowest BCUT2D eigenvalue weighted by Gasteiger charge is -2.17. The third kappa shape index (κ3) is 3.44. The molecule has 0 aliphatic heterocycles. The molecule has 1 aromatic heterocycles. The number of rotatable bonds is 5. The molecular formula is C14H15FN2O3S. The van der Waals surface area contributed by atoms with Gasteiger partial charge in [0, 0.05) is 26.0 Å². The molecule has 112 valence electrons. The summed E-state index contributed by atoms with van der Waals surface area (Å²) in [7, 11) is -2.57. The zero-order chi connectivity index (χ0) is 15.5. The van der Waals surface area contributed by atoms with Crippen LogP contribution >= 0.6 is 0 Å². The molecule has 0 radical (unpaired) electrons. The van der Waals surface area contributed by atoms with E-state index in [0.29, 0.717) is 11.1 Å². The Bertz CT molecular complexity index is 720. The maximum atomic E-state index is 13.9. The van der Waals surface area contributed by atoms with Crippen molar-refractivity contribution in [2.45, 2.75) is 18.0 Å². The Morgan fingerprint density at radius 3 is 2.62 bits per heavy atom. The average Bonchev–Trinajstić information content (AvgIpc) is 2.47. The molecule has 2 rings (SSSR count). The first-order chi connectivity index (χ1) is 9.95. The zero-order valence-corrected chi connectivity index (χ0v) is 12.2. The number of aromatic nitrogens is 1. The van der Waals surface area contributed by atoms with Gasteiger partial charge in [-0.1, -0.05) is 12.1 Å². The lowest BCUT2D eigenvalue weighted by Crippen LogP contribution is -2.27. The monoisotopic (exact) mass is 310 g/mol. The SMILES string of the molecule is CN(Cc1cccnc1)S(=O)(=O)c1ccc(CO)cc1F. The van der Waals surface area contributed by atoms with Gasteiger partial charge in [0.1, 0.15) is 10.7 Å². The quantitative estimate of drug-likeness (QED) is 0.909. The molecule has 0 atom stereocenters. The van der Waals surface area contributed by atoms with Gasteiger partial charge in [-0.3, -0.25) is 4.98 Å². The van der Waals surface area contributed by atoms with Crippen molar-refractivity contribution in [3.8, 4) is 0 Å². The van der Waals surface area contributed by atoms with Crippen molar-refractivity contribution in [1.29, 1.82) is 0 Å². The number of hydrogen-bond donors (Lipinski definition) is 1. The van der Waals surface area contributed by atoms with E-state index in [2.05, 4.69) is 4.98 Å². The number of sulfonamides is 1. The van der Waals surface area contributed by atoms with Gasteiger partial charge in [-0.2, -0.15) is 4.31 Å². The molecule has 1 aromatic carbocycles. The molecule has 0 aliphatic rings. The molecule has 0 aliphatic carbocycles. The summed E-state index contributed by atoms with van der Waals surface area (Å²) >= 11 is 0. The Morgan fingerprint density at radius 1 is 1.29 bits per heavy atom. The van der Waals surface area contributed by atoms with Gasteiger partial charge >= 0.3 is 0 Å². The second-order valence-corrected chi connectivity index (χ2v) is 6.56. The van der Waals surface area contributed by atoms with Gasteiger partial charge in [-0.25, -0.2) is 12.8 Å². The number of aliphatic hydroxyl groups is 1. The van der Waals surface area contributed by atoms with Crippen molar-refractivity contribution < 1.29 is 17.9 Å². The number of benzene rings is 1. The second-order valence-electron chi connectivity index (χ2n) is 4.55. The predicted octanol–water partition coefficient (Wildman–Crippen LogP) is 1.53. The first-order valence-corrected chi connectivity index (χ1v) is 7.63. The van der Waals surface area contributed by atoms with Crippen LogP contribution in [0.5, 0.6) is 0 Å². The number of hydrogen-bond acceptors (Lipinski definition) is 4. The largest absolute Gasteiger partial charge is 0.392 e. The summed E-state index contributed by atoms with van der Waals surface area (Å²) in [5.41, 5.74) is 1.03. The van der Waals surface area contributed by atoms with E-state index < -0.39 is 20.7 Å². The van der Waals surface area contributed by atoms with Crippen molar-refractivity contribution in [3.63, 3.8) is 0 Å². The normalized spacial score (nSPS) is 11.8. The minimum absolute atomic E-state index is 0.0946. The van der Waals surface area contributed by atoms with Crippen LogP contribution in [0.25, 0.3) is 0 Å². The molecule has 0 unspecified atom stereocenters. The molecule has 0 spiro atoms. The van der Waals surface area contributed by atoms with Gasteiger partial charge < -0.3 is 5.11 Å². The number of halogens is 1. The topological polar surface area (TPSA) is 70.5 Å². The molecule has 0 bridgehead atoms. The average molecular weight is 310 g/mol. The first-order valence-electron chi connectivity index (χ1n) is 6.19. The Morgan fingerprint density at radius 2 is 2.05 bits per heavy atom. The summed E-state index contributed by atoms with van der Waals surface area (Å²) in [4.78, 5) is 3.50. The summed E-state index contributed by atoms with van der Waals surface area (Å²) in [6.07, 6.45) is 3.14. The van der Waals surface area contributed by atoms with E-state index in [0.717, 1.165) is 16.4 Å². The highest BCUT2D eigenvalue weighted by Crippen LogP contribution is 2.21. The molecule has 1 heterocycles. The van der Waals surface area contributed by atoms with E-state index >= 15 is 0 Å². The summed E-state index contributed by atoms with van der Waals surface area (Å²) in [6.45, 7) is -0.250. The fourth-order valence-corrected chi connectivity index (χ4v) is 3.05. The Hall–Kier alpha value is -1.83. The minimum atomic E-state index is -3.94. The number of aliphatic hydroxyl groups excluding tert-OH is 1. The van der Waals surface area contributed by atoms with E-state index in [-0.39, 0.29) is 13.2 Å². The minimum Gasteiger partial charge on any atom is -0.392 e. The van der Waals surface area contributed by atoms with Gasteiger partial charge in [-0.05, 0) is 29.3 Å². The maximum Gasteiger partial charge on any atom is 0.246 e. The van der Waals surface area contributed by atoms with Crippen LogP contribution in [0, 0.1) is 5.82 Å². The fraction of sp³-hybridized carbons (Fsp3) is 0.214. The highest BCUT2D eigenvalue weighted by Gasteiger charge is 2.24. The summed E-state index contributed by atoms with van der Waals surface area (Å²) in [5, 5.41) is 8.93. The Balaban J connectivity index is 2.29. The number of pyridine rings is 1. The van der Waals surface area contributed by atoms with Crippen LogP contribution in [0.15, 0.2) is 47.6 Å². The van der Waals surface area contributed by atoms with Crippen LogP contribution in [-0.4, -0.2) is 29.9 Å². The van der Waals surface area contributed by atoms with Crippen molar-refractivity contribution in [2.75, 3.05) is 7.05 Å². The molecular weight excluding hydrogens is 295 g/mol. The van der Waals surface area contributed by atoms with Crippen LogP contribution in [-0.2, 0) is 23.2 Å². The second kappa shape index (κ2) is 6.30. The molecule has 1 N–H and O–H groups in total. The predicted molar refractivity (Wildman–Crippen MR) is 75.2 cm³/mol. The van der Waals surface area contributed by atoms with E-state index in [1.54, 1.807) is 24.5 Å². The van der Waals surface area contributed by atoms with Crippen LogP contribution in [0.1, 0.15) is 11.1 Å². The molecule has 0 saturated heterocycles. The molecule has 0 fully saturated rings. The fourth-order valence-electron chi connectivity index (χ4n) is 1.85. The van der Waals surface area contributed by atoms with Crippen molar-refractivity contribution in [1.82, 2.24) is 9.29 Å². The molecule has 5 nitrogen and oxygen atoms in total. The number of nitrogens with zero attached hydrogens (tertiary/aromatic N) is 2. The molecule has 2 aromatic rings. The summed E-state index contributed by atoms with van der Waals surface area (Å²) in [5.74, 6) is -0.875. The lowest BCUT2D eigenvalue weighted by atomic mass is 10.2. The summed E-state index contributed by atoms with van der Waals surface area (Å²) < 4.78 is 39.7. The van der Waals surface area contributed by atoms with Crippen LogP contribution in [0.3, 0.4) is 0 Å². The highest BCUT2D eigenvalue weighted by atomic mass is 32.2. The van der Waals surface area contributed by atoms with Gasteiger partial charge in [0.05, 0.1) is 6.61 Å². The maximum absolute atomic E-state index is 13.9. The highest BCUT2D eigenvalue weighted by molar-refractivity contribution is 7.89. The third-order valence-electron chi connectivity index (χ3n) is 3.00. The van der Waals surface area contributed by atoms with Crippen LogP contribution < -0.4 is 0 Å². The van der Waals surface area contributed by atoms with Crippen LogP contribution in [0.4, 0.5) is 4.39 Å². The zero-order valence-electron chi connectivity index (χ0n) is 11.4. The van der Waals surface area contributed by atoms with Gasteiger partial charge in [-0.15, -0.1) is 0 Å². The van der Waals surface area contributed by atoms with Crippen molar-refractivity contribution in [3.05, 3.63) is 59.7 Å². The molecule has 0 saturated carbocycles. The van der Waals surface area contributed by atoms with Crippen molar-refractivity contribution in [2.24, 2.45) is 0 Å². The molecule has 21 heavy (non-hydrogen) atoms. The Kier molecular flexibility index (Phi) is 4.66. The van der Waals surface area contributed by atoms with Crippen molar-refractivity contribution >= 4 is 10.0 Å². The Labute approximate surface area is 122 Å². The van der Waals surface area contributed by atoms with Gasteiger partial charge in [0.2, 0.25) is 10.0 Å².